The molecule has 0 saturated carbocycles. The third-order valence-electron chi connectivity index (χ3n) is 3.21. The van der Waals surface area contributed by atoms with Crippen LogP contribution in [0.15, 0.2) is 18.2 Å². The Morgan fingerprint density at radius 2 is 2.10 bits per heavy atom. The summed E-state index contributed by atoms with van der Waals surface area (Å²) in [6.07, 6.45) is 1.08. The first-order valence-electron chi connectivity index (χ1n) is 6.94. The van der Waals surface area contributed by atoms with Gasteiger partial charge in [-0.3, -0.25) is 0 Å². The normalized spacial score (nSPS) is 12.3. The van der Waals surface area contributed by atoms with E-state index in [0.29, 0.717) is 18.2 Å². The third kappa shape index (κ3) is 3.26. The van der Waals surface area contributed by atoms with Crippen LogP contribution in [0.4, 0.5) is 5.69 Å². The van der Waals surface area contributed by atoms with Crippen molar-refractivity contribution in [3.05, 3.63) is 18.2 Å². The van der Waals surface area contributed by atoms with Crippen LogP contribution in [0.3, 0.4) is 0 Å². The smallest absolute Gasteiger partial charge is 0.182 e. The topological polar surface area (TPSA) is 78.8 Å². The average Bonchev–Trinajstić information content (AvgIpc) is 2.86. The van der Waals surface area contributed by atoms with Gasteiger partial charge >= 0.3 is 0 Å². The number of aromatic nitrogens is 4. The van der Waals surface area contributed by atoms with Gasteiger partial charge in [0.1, 0.15) is 5.75 Å². The minimum absolute atomic E-state index is 0.518. The first kappa shape index (κ1) is 14.3. The van der Waals surface area contributed by atoms with Crippen molar-refractivity contribution in [2.24, 2.45) is 5.92 Å². The maximum Gasteiger partial charge on any atom is 0.182 e. The van der Waals surface area contributed by atoms with E-state index < -0.39 is 0 Å². The van der Waals surface area contributed by atoms with Crippen molar-refractivity contribution in [1.82, 2.24) is 20.2 Å². The number of tetrazole rings is 1. The molecule has 0 spiro atoms. The minimum atomic E-state index is 0.518. The lowest BCUT2D eigenvalue weighted by Gasteiger charge is -2.11. The molecule has 1 heterocycles. The van der Waals surface area contributed by atoms with Gasteiger partial charge in [0.25, 0.3) is 0 Å². The largest absolute Gasteiger partial charge is 0.494 e. The van der Waals surface area contributed by atoms with Crippen molar-refractivity contribution >= 4 is 5.69 Å². The van der Waals surface area contributed by atoms with Crippen molar-refractivity contribution in [3.63, 3.8) is 0 Å². The SMILES string of the molecule is CCOc1cc(N)cc(-c2nnnn2CC(C)CC)c1. The predicted octanol–water partition coefficient (Wildman–Crippen LogP) is 2.37. The molecule has 0 aliphatic rings. The standard InChI is InChI=1S/C14H21N5O/c1-4-10(3)9-19-14(16-17-18-19)11-6-12(15)8-13(7-11)20-5-2/h6-8,10H,4-5,9,15H2,1-3H3. The molecule has 1 atom stereocenters. The molecule has 0 saturated heterocycles. The summed E-state index contributed by atoms with van der Waals surface area (Å²) >= 11 is 0. The highest BCUT2D eigenvalue weighted by Crippen LogP contribution is 2.26. The highest BCUT2D eigenvalue weighted by Gasteiger charge is 2.13. The molecule has 6 nitrogen and oxygen atoms in total. The molecule has 0 amide bonds. The lowest BCUT2D eigenvalue weighted by molar-refractivity contribution is 0.340. The van der Waals surface area contributed by atoms with Crippen molar-refractivity contribution < 1.29 is 4.74 Å². The van der Waals surface area contributed by atoms with E-state index in [1.54, 1.807) is 6.07 Å². The number of nitrogen functional groups attached to an aromatic ring is 1. The van der Waals surface area contributed by atoms with Crippen LogP contribution in [0.5, 0.6) is 5.75 Å². The number of anilines is 1. The molecular weight excluding hydrogens is 254 g/mol. The summed E-state index contributed by atoms with van der Waals surface area (Å²) in [5.41, 5.74) is 7.43. The van der Waals surface area contributed by atoms with Crippen LogP contribution in [-0.2, 0) is 6.54 Å². The summed E-state index contributed by atoms with van der Waals surface area (Å²) in [6.45, 7) is 7.66. The van der Waals surface area contributed by atoms with Gasteiger partial charge in [0.2, 0.25) is 0 Å². The van der Waals surface area contributed by atoms with Crippen LogP contribution in [0, 0.1) is 5.92 Å². The van der Waals surface area contributed by atoms with E-state index in [4.69, 9.17) is 10.5 Å². The molecule has 20 heavy (non-hydrogen) atoms. The molecule has 1 aromatic heterocycles. The number of nitrogens with two attached hydrogens (primary N) is 1. The Kier molecular flexibility index (Phi) is 4.55. The second-order valence-electron chi connectivity index (χ2n) is 4.92. The van der Waals surface area contributed by atoms with E-state index >= 15 is 0 Å². The molecule has 6 heteroatoms. The molecule has 2 rings (SSSR count). The number of ether oxygens (including phenoxy) is 1. The number of nitrogens with zero attached hydrogens (tertiary/aromatic N) is 4. The highest BCUT2D eigenvalue weighted by atomic mass is 16.5. The van der Waals surface area contributed by atoms with Gasteiger partial charge in [-0.05, 0) is 35.4 Å². The number of hydrogen-bond donors (Lipinski definition) is 1. The van der Waals surface area contributed by atoms with Gasteiger partial charge in [0.05, 0.1) is 6.61 Å². The van der Waals surface area contributed by atoms with Gasteiger partial charge in [0.15, 0.2) is 5.82 Å². The lowest BCUT2D eigenvalue weighted by Crippen LogP contribution is -2.10. The molecule has 0 fully saturated rings. The van der Waals surface area contributed by atoms with Gasteiger partial charge in [-0.2, -0.15) is 0 Å². The predicted molar refractivity (Wildman–Crippen MR) is 78.3 cm³/mol. The Hall–Kier alpha value is -2.11. The van der Waals surface area contributed by atoms with Gasteiger partial charge < -0.3 is 10.5 Å². The van der Waals surface area contributed by atoms with E-state index in [2.05, 4.69) is 29.4 Å². The van der Waals surface area contributed by atoms with E-state index in [0.717, 1.165) is 30.1 Å². The zero-order chi connectivity index (χ0) is 14.5. The zero-order valence-corrected chi connectivity index (χ0v) is 12.2. The van der Waals surface area contributed by atoms with Gasteiger partial charge in [-0.25, -0.2) is 4.68 Å². The van der Waals surface area contributed by atoms with Crippen molar-refractivity contribution in [2.45, 2.75) is 33.7 Å². The highest BCUT2D eigenvalue weighted by molar-refractivity contribution is 5.64. The van der Waals surface area contributed by atoms with E-state index in [1.807, 2.05) is 23.7 Å². The average molecular weight is 275 g/mol. The first-order chi connectivity index (χ1) is 9.63. The molecule has 1 aromatic carbocycles. The Balaban J connectivity index is 2.34. The molecule has 0 aliphatic carbocycles. The third-order valence-corrected chi connectivity index (χ3v) is 3.21. The van der Waals surface area contributed by atoms with Crippen LogP contribution in [0.1, 0.15) is 27.2 Å². The van der Waals surface area contributed by atoms with Gasteiger partial charge in [-0.15, -0.1) is 5.10 Å². The van der Waals surface area contributed by atoms with Crippen LogP contribution < -0.4 is 10.5 Å². The molecule has 2 aromatic rings. The number of benzene rings is 1. The van der Waals surface area contributed by atoms with Gasteiger partial charge in [0, 0.05) is 23.9 Å². The first-order valence-corrected chi connectivity index (χ1v) is 6.94. The fourth-order valence-electron chi connectivity index (χ4n) is 1.96. The summed E-state index contributed by atoms with van der Waals surface area (Å²) < 4.78 is 7.33. The summed E-state index contributed by atoms with van der Waals surface area (Å²) in [4.78, 5) is 0. The Morgan fingerprint density at radius 1 is 1.30 bits per heavy atom. The van der Waals surface area contributed by atoms with Crippen LogP contribution in [0.2, 0.25) is 0 Å². The Morgan fingerprint density at radius 3 is 2.80 bits per heavy atom. The maximum absolute atomic E-state index is 5.92. The van der Waals surface area contributed by atoms with E-state index in [9.17, 15) is 0 Å². The van der Waals surface area contributed by atoms with E-state index in [1.165, 1.54) is 0 Å². The van der Waals surface area contributed by atoms with Crippen molar-refractivity contribution in [3.8, 4) is 17.1 Å². The molecular formula is C14H21N5O. The summed E-state index contributed by atoms with van der Waals surface area (Å²) in [7, 11) is 0. The van der Waals surface area contributed by atoms with Crippen LogP contribution in [0.25, 0.3) is 11.4 Å². The summed E-state index contributed by atoms with van der Waals surface area (Å²) in [6, 6.07) is 5.58. The zero-order valence-electron chi connectivity index (χ0n) is 12.2. The lowest BCUT2D eigenvalue weighted by atomic mass is 10.1. The van der Waals surface area contributed by atoms with Crippen LogP contribution >= 0.6 is 0 Å². The number of rotatable bonds is 6. The number of hydrogen-bond acceptors (Lipinski definition) is 5. The molecule has 2 N–H and O–H groups in total. The molecule has 108 valence electrons. The van der Waals surface area contributed by atoms with E-state index in [-0.39, 0.29) is 0 Å². The monoisotopic (exact) mass is 275 g/mol. The molecule has 0 radical (unpaired) electrons. The quantitative estimate of drug-likeness (QED) is 0.819. The molecule has 1 unspecified atom stereocenters. The Labute approximate surface area is 118 Å². The molecule has 0 bridgehead atoms. The maximum atomic E-state index is 5.92. The van der Waals surface area contributed by atoms with Crippen molar-refractivity contribution in [1.29, 1.82) is 0 Å². The van der Waals surface area contributed by atoms with Crippen LogP contribution in [-0.4, -0.2) is 26.8 Å². The van der Waals surface area contributed by atoms with Crippen molar-refractivity contribution in [2.75, 3.05) is 12.3 Å². The Bertz CT molecular complexity index is 566. The molecule has 0 aliphatic heterocycles. The fourth-order valence-corrected chi connectivity index (χ4v) is 1.96. The second kappa shape index (κ2) is 6.36. The summed E-state index contributed by atoms with van der Waals surface area (Å²) in [5, 5.41) is 11.9. The summed E-state index contributed by atoms with van der Waals surface area (Å²) in [5.74, 6) is 1.98. The second-order valence-corrected chi connectivity index (χ2v) is 4.92. The minimum Gasteiger partial charge on any atom is -0.494 e. The van der Waals surface area contributed by atoms with Gasteiger partial charge in [-0.1, -0.05) is 20.3 Å². The fraction of sp³-hybridized carbons (Fsp3) is 0.500.